The molecule has 2 aliphatic carbocycles. The lowest BCUT2D eigenvalue weighted by Gasteiger charge is -2.26. The third-order valence-corrected chi connectivity index (χ3v) is 7.77. The Morgan fingerprint density at radius 1 is 0.516 bits per heavy atom. The summed E-state index contributed by atoms with van der Waals surface area (Å²) < 4.78 is 0. The summed E-state index contributed by atoms with van der Waals surface area (Å²) in [5.41, 5.74) is 13.5. The molecule has 0 radical (unpaired) electrons. The maximum Gasteiger partial charge on any atom is 0.0409 e. The van der Waals surface area contributed by atoms with E-state index in [1.807, 2.05) is 6.07 Å². The van der Waals surface area contributed by atoms with Crippen molar-refractivity contribution in [2.24, 2.45) is 0 Å². The third kappa shape index (κ3) is 2.37. The monoisotopic (exact) mass is 420 g/mol. The predicted octanol–water partition coefficient (Wildman–Crippen LogP) is 8.62. The van der Waals surface area contributed by atoms with Gasteiger partial charge in [0, 0.05) is 15.9 Å². The summed E-state index contributed by atoms with van der Waals surface area (Å²) in [6.07, 6.45) is 0. The van der Waals surface area contributed by atoms with Crippen molar-refractivity contribution in [1.82, 2.24) is 0 Å². The fourth-order valence-electron chi connectivity index (χ4n) is 6.06. The number of rotatable bonds is 1. The number of halogens is 1. The zero-order valence-corrected chi connectivity index (χ0v) is 19.1. The summed E-state index contributed by atoms with van der Waals surface area (Å²) in [4.78, 5) is 0. The average molecular weight is 421 g/mol. The van der Waals surface area contributed by atoms with Crippen LogP contribution in [0.25, 0.3) is 33.4 Å². The maximum atomic E-state index is 6.42. The van der Waals surface area contributed by atoms with Crippen molar-refractivity contribution in [3.05, 3.63) is 106 Å². The Kier molecular flexibility index (Phi) is 3.73. The van der Waals surface area contributed by atoms with E-state index >= 15 is 0 Å². The van der Waals surface area contributed by atoms with Gasteiger partial charge in [0.05, 0.1) is 0 Å². The first-order chi connectivity index (χ1) is 14.8. The van der Waals surface area contributed by atoms with Crippen LogP contribution >= 0.6 is 11.6 Å². The SMILES string of the molecule is CC1(C)c2cc(Cl)ccc2-c2c(-c3cccc4c3C(C)(C)c3ccccc3-4)cccc21. The van der Waals surface area contributed by atoms with E-state index in [0.29, 0.717) is 0 Å². The molecule has 0 spiro atoms. The van der Waals surface area contributed by atoms with Crippen LogP contribution in [0.2, 0.25) is 5.02 Å². The van der Waals surface area contributed by atoms with Crippen molar-refractivity contribution in [2.75, 3.05) is 0 Å². The fraction of sp³-hybridized carbons (Fsp3) is 0.200. The van der Waals surface area contributed by atoms with Crippen molar-refractivity contribution in [1.29, 1.82) is 0 Å². The van der Waals surface area contributed by atoms with Crippen molar-refractivity contribution < 1.29 is 0 Å². The Hall–Kier alpha value is -2.83. The molecule has 0 N–H and O–H groups in total. The molecule has 152 valence electrons. The van der Waals surface area contributed by atoms with Crippen LogP contribution in [0.15, 0.2) is 78.9 Å². The van der Waals surface area contributed by atoms with Gasteiger partial charge in [-0.3, -0.25) is 0 Å². The molecule has 0 bridgehead atoms. The molecule has 1 heteroatoms. The molecule has 0 unspecified atom stereocenters. The van der Waals surface area contributed by atoms with E-state index in [1.165, 1.54) is 55.6 Å². The van der Waals surface area contributed by atoms with Crippen molar-refractivity contribution in [3.8, 4) is 33.4 Å². The Morgan fingerprint density at radius 2 is 1.13 bits per heavy atom. The minimum atomic E-state index is -0.0674. The molecule has 0 fully saturated rings. The smallest absolute Gasteiger partial charge is 0.0409 e. The topological polar surface area (TPSA) is 0 Å². The predicted molar refractivity (Wildman–Crippen MR) is 132 cm³/mol. The van der Waals surface area contributed by atoms with E-state index < -0.39 is 0 Å². The van der Waals surface area contributed by atoms with Crippen LogP contribution in [0.5, 0.6) is 0 Å². The zero-order chi connectivity index (χ0) is 21.5. The average Bonchev–Trinajstić information content (AvgIpc) is 3.14. The van der Waals surface area contributed by atoms with Gasteiger partial charge in [0.25, 0.3) is 0 Å². The lowest BCUT2D eigenvalue weighted by atomic mass is 9.77. The summed E-state index contributed by atoms with van der Waals surface area (Å²) in [6.45, 7) is 9.35. The van der Waals surface area contributed by atoms with E-state index in [1.54, 1.807) is 0 Å². The first-order valence-electron chi connectivity index (χ1n) is 11.0. The van der Waals surface area contributed by atoms with Gasteiger partial charge in [0.2, 0.25) is 0 Å². The van der Waals surface area contributed by atoms with Gasteiger partial charge in [-0.05, 0) is 67.8 Å². The molecule has 6 rings (SSSR count). The lowest BCUT2D eigenvalue weighted by molar-refractivity contribution is 0.659. The van der Waals surface area contributed by atoms with Gasteiger partial charge in [0.15, 0.2) is 0 Å². The molecule has 2 aliphatic rings. The van der Waals surface area contributed by atoms with Gasteiger partial charge in [-0.1, -0.05) is 106 Å². The number of hydrogen-bond donors (Lipinski definition) is 0. The van der Waals surface area contributed by atoms with Gasteiger partial charge in [-0.25, -0.2) is 0 Å². The molecule has 0 amide bonds. The molecule has 0 heterocycles. The van der Waals surface area contributed by atoms with E-state index in [2.05, 4.69) is 100 Å². The molecule has 0 saturated heterocycles. The molecule has 4 aromatic carbocycles. The minimum absolute atomic E-state index is 0.0395. The van der Waals surface area contributed by atoms with Crippen LogP contribution in [0, 0.1) is 0 Å². The zero-order valence-electron chi connectivity index (χ0n) is 18.4. The van der Waals surface area contributed by atoms with Crippen molar-refractivity contribution in [2.45, 2.75) is 38.5 Å². The lowest BCUT2D eigenvalue weighted by Crippen LogP contribution is -2.16. The van der Waals surface area contributed by atoms with Crippen LogP contribution in [0.4, 0.5) is 0 Å². The number of fused-ring (bicyclic) bond motifs is 6. The minimum Gasteiger partial charge on any atom is -0.0843 e. The first-order valence-corrected chi connectivity index (χ1v) is 11.4. The van der Waals surface area contributed by atoms with Gasteiger partial charge >= 0.3 is 0 Å². The molecular formula is C30H25Cl. The molecule has 4 aromatic rings. The highest BCUT2D eigenvalue weighted by Gasteiger charge is 2.40. The summed E-state index contributed by atoms with van der Waals surface area (Å²) in [7, 11) is 0. The highest BCUT2D eigenvalue weighted by Crippen LogP contribution is 2.56. The van der Waals surface area contributed by atoms with Gasteiger partial charge in [0.1, 0.15) is 0 Å². The van der Waals surface area contributed by atoms with Crippen LogP contribution in [0.3, 0.4) is 0 Å². The Labute approximate surface area is 189 Å². The summed E-state index contributed by atoms with van der Waals surface area (Å²) >= 11 is 6.42. The normalized spacial score (nSPS) is 16.4. The number of benzene rings is 4. The van der Waals surface area contributed by atoms with Crippen LogP contribution in [-0.4, -0.2) is 0 Å². The van der Waals surface area contributed by atoms with E-state index in [4.69, 9.17) is 11.6 Å². The summed E-state index contributed by atoms with van der Waals surface area (Å²) in [6, 6.07) is 28.9. The van der Waals surface area contributed by atoms with Gasteiger partial charge in [-0.2, -0.15) is 0 Å². The molecule has 0 nitrogen and oxygen atoms in total. The van der Waals surface area contributed by atoms with E-state index in [-0.39, 0.29) is 10.8 Å². The molecule has 0 saturated carbocycles. The van der Waals surface area contributed by atoms with E-state index in [0.717, 1.165) is 5.02 Å². The largest absolute Gasteiger partial charge is 0.0843 e. The highest BCUT2D eigenvalue weighted by molar-refractivity contribution is 6.30. The fourth-order valence-corrected chi connectivity index (χ4v) is 6.23. The highest BCUT2D eigenvalue weighted by atomic mass is 35.5. The van der Waals surface area contributed by atoms with Gasteiger partial charge in [-0.15, -0.1) is 0 Å². The Morgan fingerprint density at radius 3 is 1.94 bits per heavy atom. The van der Waals surface area contributed by atoms with Crippen LogP contribution in [0.1, 0.15) is 49.9 Å². The molecule has 0 aromatic heterocycles. The summed E-state index contributed by atoms with van der Waals surface area (Å²) in [5, 5.41) is 0.804. The Balaban J connectivity index is 1.69. The quantitative estimate of drug-likeness (QED) is 0.289. The van der Waals surface area contributed by atoms with Crippen molar-refractivity contribution in [3.63, 3.8) is 0 Å². The second kappa shape index (κ2) is 6.11. The second-order valence-electron chi connectivity index (χ2n) is 9.94. The van der Waals surface area contributed by atoms with Crippen molar-refractivity contribution >= 4 is 11.6 Å². The third-order valence-electron chi connectivity index (χ3n) is 7.53. The second-order valence-corrected chi connectivity index (χ2v) is 10.4. The van der Waals surface area contributed by atoms with E-state index in [9.17, 15) is 0 Å². The molecule has 0 aliphatic heterocycles. The standard InChI is InChI=1S/C30H25Cl/c1-29(2)25-14-8-10-20(27(25)23-16-15-18(31)17-26(23)29)22-12-7-11-21-19-9-5-6-13-24(19)30(3,4)28(21)22/h5-17H,1-4H3. The molecular weight excluding hydrogens is 396 g/mol. The maximum absolute atomic E-state index is 6.42. The van der Waals surface area contributed by atoms with Gasteiger partial charge < -0.3 is 0 Å². The molecule has 0 atom stereocenters. The first kappa shape index (κ1) is 18.9. The summed E-state index contributed by atoms with van der Waals surface area (Å²) in [5.74, 6) is 0. The number of hydrogen-bond acceptors (Lipinski definition) is 0. The van der Waals surface area contributed by atoms with Crippen LogP contribution in [-0.2, 0) is 10.8 Å². The molecule has 31 heavy (non-hydrogen) atoms. The van der Waals surface area contributed by atoms with Crippen LogP contribution < -0.4 is 0 Å². The Bertz CT molecular complexity index is 1390.